The van der Waals surface area contributed by atoms with E-state index in [0.717, 1.165) is 0 Å². The molecule has 2 atom stereocenters. The smallest absolute Gasteiger partial charge is 0.125 e. The lowest BCUT2D eigenvalue weighted by molar-refractivity contribution is 0.834. The van der Waals surface area contributed by atoms with Crippen LogP contribution in [0.5, 0.6) is 0 Å². The van der Waals surface area contributed by atoms with Crippen LogP contribution in [-0.2, 0) is 23.6 Å². The van der Waals surface area contributed by atoms with Crippen molar-refractivity contribution in [2.45, 2.75) is 39.3 Å². The minimum absolute atomic E-state index is 1.31. The maximum Gasteiger partial charge on any atom is 0.125 e. The highest BCUT2D eigenvalue weighted by Gasteiger charge is 2.45. The first-order chi connectivity index (χ1) is 11.8. The van der Waals surface area contributed by atoms with Gasteiger partial charge in [-0.05, 0) is 12.4 Å². The zero-order valence-corrected chi connectivity index (χ0v) is 23.5. The summed E-state index contributed by atoms with van der Waals surface area (Å²) in [5, 5.41) is 3.53. The van der Waals surface area contributed by atoms with E-state index in [4.69, 9.17) is 23.6 Å². The maximum atomic E-state index is 6.55. The zero-order valence-electron chi connectivity index (χ0n) is 16.4. The number of hydrogen-bond donors (Lipinski definition) is 0. The lowest BCUT2D eigenvalue weighted by atomic mass is 10.1. The van der Waals surface area contributed by atoms with Gasteiger partial charge in [0.25, 0.3) is 0 Å². The van der Waals surface area contributed by atoms with Gasteiger partial charge in [0.2, 0.25) is 0 Å². The Labute approximate surface area is 178 Å². The quantitative estimate of drug-likeness (QED) is 0.341. The molecule has 3 rings (SSSR count). The van der Waals surface area contributed by atoms with Crippen molar-refractivity contribution >= 4 is 92.1 Å². The molecule has 1 aliphatic heterocycles. The first kappa shape index (κ1) is 21.8. The molecule has 1 aliphatic rings. The topological polar surface area (TPSA) is 3.24 Å². The summed E-state index contributed by atoms with van der Waals surface area (Å²) in [6.07, 6.45) is 0. The van der Waals surface area contributed by atoms with Crippen molar-refractivity contribution in [2.24, 2.45) is 0 Å². The molecule has 2 aromatic rings. The maximum absolute atomic E-state index is 6.55. The minimum Gasteiger partial charge on any atom is -0.288 e. The van der Waals surface area contributed by atoms with Crippen molar-refractivity contribution in [1.29, 1.82) is 0 Å². The monoisotopic (exact) mass is 491 g/mol. The van der Waals surface area contributed by atoms with E-state index in [-0.39, 0.29) is 0 Å². The summed E-state index contributed by atoms with van der Waals surface area (Å²) in [4.78, 5) is 0. The summed E-state index contributed by atoms with van der Waals surface area (Å²) >= 11 is 15.1. The van der Waals surface area contributed by atoms with Gasteiger partial charge >= 0.3 is 0 Å². The molecule has 0 aromatic heterocycles. The van der Waals surface area contributed by atoms with Gasteiger partial charge < -0.3 is 0 Å². The Balaban J connectivity index is 2.38. The summed E-state index contributed by atoms with van der Waals surface area (Å²) in [5.41, 5.74) is 0. The molecule has 0 saturated heterocycles. The Morgan fingerprint density at radius 1 is 0.923 bits per heavy atom. The van der Waals surface area contributed by atoms with Crippen molar-refractivity contribution in [3.05, 3.63) is 36.4 Å². The van der Waals surface area contributed by atoms with Crippen LogP contribution in [0.4, 0.5) is 0 Å². The molecule has 1 nitrogen and oxygen atoms in total. The molecule has 0 unspecified atom stereocenters. The average molecular weight is 492 g/mol. The molecular formula is C17H27NP2S4Si2. The van der Waals surface area contributed by atoms with E-state index < -0.39 is 25.3 Å². The molecule has 0 bridgehead atoms. The van der Waals surface area contributed by atoms with Crippen molar-refractivity contribution < 1.29 is 0 Å². The second-order valence-corrected chi connectivity index (χ2v) is 40.9. The number of nitrogens with zero attached hydrogens (tertiary/aromatic N) is 1. The van der Waals surface area contributed by atoms with Gasteiger partial charge in [-0.2, -0.15) is 0 Å². The van der Waals surface area contributed by atoms with Gasteiger partial charge in [0.15, 0.2) is 0 Å². The summed E-state index contributed by atoms with van der Waals surface area (Å²) in [7, 11) is 1.45. The summed E-state index contributed by atoms with van der Waals surface area (Å²) in [6.45, 7) is 14.4. The summed E-state index contributed by atoms with van der Waals surface area (Å²) in [5.74, 6) is 0. The number of rotatable bonds is 4. The third-order valence-corrected chi connectivity index (χ3v) is 42.4. The minimum atomic E-state index is -1.95. The molecule has 0 spiro atoms. The summed E-state index contributed by atoms with van der Waals surface area (Å²) < 4.78 is 0.760. The van der Waals surface area contributed by atoms with Gasteiger partial charge in [0.1, 0.15) is 15.5 Å². The first-order valence-corrected chi connectivity index (χ1v) is 25.4. The lowest BCUT2D eigenvalue weighted by Crippen LogP contribution is -2.43. The Morgan fingerprint density at radius 2 is 1.46 bits per heavy atom. The molecule has 0 saturated carbocycles. The number of benzene rings is 2. The van der Waals surface area contributed by atoms with Crippen LogP contribution in [0.3, 0.4) is 0 Å². The highest BCUT2D eigenvalue weighted by Crippen LogP contribution is 2.86. The molecule has 0 N–H and O–H groups in total. The second-order valence-electron chi connectivity index (χ2n) is 8.65. The van der Waals surface area contributed by atoms with Crippen LogP contribution in [0.15, 0.2) is 36.4 Å². The van der Waals surface area contributed by atoms with Crippen molar-refractivity contribution in [3.8, 4) is 0 Å². The van der Waals surface area contributed by atoms with Gasteiger partial charge in [-0.3, -0.25) is 4.34 Å². The Kier molecular flexibility index (Phi) is 5.95. The molecule has 0 amide bonds. The largest absolute Gasteiger partial charge is 0.288 e. The molecule has 26 heavy (non-hydrogen) atoms. The molecule has 1 heterocycles. The molecule has 0 aliphatic carbocycles. The zero-order chi connectivity index (χ0) is 19.5. The van der Waals surface area contributed by atoms with Gasteiger partial charge in [-0.25, -0.2) is 0 Å². The van der Waals surface area contributed by atoms with E-state index in [0.29, 0.717) is 0 Å². The van der Waals surface area contributed by atoms with Gasteiger partial charge in [-0.15, -0.1) is 10.8 Å². The third kappa shape index (κ3) is 3.90. The van der Waals surface area contributed by atoms with E-state index in [1.165, 1.54) is 21.4 Å². The molecule has 9 heteroatoms. The normalized spacial score (nSPS) is 26.5. The highest BCUT2D eigenvalue weighted by molar-refractivity contribution is 9.20. The first-order valence-electron chi connectivity index (χ1n) is 8.67. The summed E-state index contributed by atoms with van der Waals surface area (Å²) in [6, 6.07) is 13.4. The fourth-order valence-electron chi connectivity index (χ4n) is 3.04. The number of hydrogen-bond acceptors (Lipinski definition) is 4. The van der Waals surface area contributed by atoms with Crippen LogP contribution in [0.25, 0.3) is 10.8 Å². The van der Waals surface area contributed by atoms with Gasteiger partial charge in [0.05, 0.1) is 9.83 Å². The molecular weight excluding hydrogens is 465 g/mol. The van der Waals surface area contributed by atoms with E-state index in [2.05, 4.69) is 97.9 Å². The predicted molar refractivity (Wildman–Crippen MR) is 141 cm³/mol. The molecule has 142 valence electrons. The van der Waals surface area contributed by atoms with Gasteiger partial charge in [0, 0.05) is 16.0 Å². The highest BCUT2D eigenvalue weighted by atomic mass is 33.4. The Bertz CT molecular complexity index is 960. The van der Waals surface area contributed by atoms with Crippen LogP contribution in [-0.4, -0.2) is 26.8 Å². The van der Waals surface area contributed by atoms with Crippen molar-refractivity contribution in [2.75, 3.05) is 7.05 Å². The van der Waals surface area contributed by atoms with Crippen molar-refractivity contribution in [3.63, 3.8) is 0 Å². The fraction of sp³-hybridized carbons (Fsp3) is 0.412. The Hall–Kier alpha value is 1.09. The van der Waals surface area contributed by atoms with E-state index in [9.17, 15) is 0 Å². The molecule has 0 fully saturated rings. The van der Waals surface area contributed by atoms with Crippen molar-refractivity contribution in [1.82, 2.24) is 4.34 Å². The predicted octanol–water partition coefficient (Wildman–Crippen LogP) is 6.79. The fourth-order valence-corrected chi connectivity index (χ4v) is 60.7. The molecule has 0 radical (unpaired) electrons. The van der Waals surface area contributed by atoms with E-state index >= 15 is 0 Å². The van der Waals surface area contributed by atoms with Crippen LogP contribution in [0.1, 0.15) is 0 Å². The van der Waals surface area contributed by atoms with Crippen LogP contribution in [0.2, 0.25) is 39.3 Å². The van der Waals surface area contributed by atoms with Gasteiger partial charge in [-0.1, -0.05) is 110 Å². The van der Waals surface area contributed by atoms with Crippen LogP contribution < -0.4 is 10.6 Å². The average Bonchev–Trinajstić information content (AvgIpc) is 2.49. The van der Waals surface area contributed by atoms with E-state index in [1.807, 2.05) is 11.0 Å². The van der Waals surface area contributed by atoms with Crippen LogP contribution in [0, 0.1) is 0 Å². The third-order valence-electron chi connectivity index (χ3n) is 4.44. The molecule has 2 aromatic carbocycles. The van der Waals surface area contributed by atoms with Crippen LogP contribution >= 0.6 is 31.7 Å². The Morgan fingerprint density at radius 3 is 1.96 bits per heavy atom. The van der Waals surface area contributed by atoms with E-state index in [1.54, 1.807) is 0 Å². The lowest BCUT2D eigenvalue weighted by Gasteiger charge is -2.46. The second kappa shape index (κ2) is 7.10. The SMILES string of the molecule is CN([Si](C)(C)C)[P@]1(=S)S[P@](=S)(S[Si](C)(C)C)c2cccc3cccc1c23. The standard InChI is InChI=1S/C17H27NP2S4Si2/c1-18(25(2,3)4)19(21)15-12-8-10-14-11-9-13-16(17(14)15)20(22,23-19)24-26(5,6)7/h8-13H,1-7H3/t19-,20+/m1/s1.